The van der Waals surface area contributed by atoms with Crippen molar-refractivity contribution >= 4 is 47.3 Å². The van der Waals surface area contributed by atoms with E-state index in [0.717, 1.165) is 30.0 Å². The molecule has 20 unspecified atom stereocenters. The fourth-order valence-electron chi connectivity index (χ4n) is 13.1. The molecule has 0 saturated carbocycles. The maximum absolute atomic E-state index is 14.3. The van der Waals surface area contributed by atoms with Crippen molar-refractivity contribution in [2.24, 2.45) is 23.7 Å². The first kappa shape index (κ1) is 66.7. The third-order valence-corrected chi connectivity index (χ3v) is 19.4. The number of fused-ring (bicyclic) bond motifs is 4. The van der Waals surface area contributed by atoms with Crippen molar-refractivity contribution in [1.29, 1.82) is 0 Å². The lowest BCUT2D eigenvalue weighted by molar-refractivity contribution is -0.318. The van der Waals surface area contributed by atoms with E-state index >= 15 is 0 Å². The molecule has 0 aromatic heterocycles. The summed E-state index contributed by atoms with van der Waals surface area (Å²) in [5.74, 6) is -2.56. The molecule has 4 fully saturated rings. The van der Waals surface area contributed by atoms with Gasteiger partial charge in [0.1, 0.15) is 42.0 Å². The molecule has 7 heterocycles. The van der Waals surface area contributed by atoms with Crippen LogP contribution in [0.2, 0.25) is 5.02 Å². The Bertz CT molecular complexity index is 2770. The average molecular weight is 1230 g/mol. The summed E-state index contributed by atoms with van der Waals surface area (Å²) in [6.07, 6.45) is 11.9. The molecule has 464 valence electrons. The van der Waals surface area contributed by atoms with Crippen LogP contribution < -0.4 is 0 Å². The third-order valence-electron chi connectivity index (χ3n) is 18.1. The van der Waals surface area contributed by atoms with Gasteiger partial charge >= 0.3 is 5.97 Å². The Kier molecular flexibility index (Phi) is 23.0. The lowest BCUT2D eigenvalue weighted by atomic mass is 9.71. The number of rotatable bonds is 11. The van der Waals surface area contributed by atoms with Crippen LogP contribution in [-0.4, -0.2) is 165 Å². The fraction of sp³-hybridized carbons (Fsp3) is 0.621. The quantitative estimate of drug-likeness (QED) is 0.122. The molecule has 15 nitrogen and oxygen atoms in total. The molecule has 1 spiro atoms. The van der Waals surface area contributed by atoms with Crippen LogP contribution in [0, 0.1) is 23.7 Å². The van der Waals surface area contributed by atoms with Crippen LogP contribution in [0.3, 0.4) is 0 Å². The summed E-state index contributed by atoms with van der Waals surface area (Å²) in [5, 5.41) is 35.0. The predicted octanol–water partition coefficient (Wildman–Crippen LogP) is 11.0. The second kappa shape index (κ2) is 28.9. The van der Waals surface area contributed by atoms with Gasteiger partial charge in [0.25, 0.3) is 0 Å². The lowest BCUT2D eigenvalue weighted by Gasteiger charge is -2.48. The zero-order chi connectivity index (χ0) is 59.5. The summed E-state index contributed by atoms with van der Waals surface area (Å²) in [7, 11) is 7.43. The van der Waals surface area contributed by atoms with Gasteiger partial charge in [-0.2, -0.15) is 0 Å². The van der Waals surface area contributed by atoms with Gasteiger partial charge in [-0.3, -0.25) is 4.79 Å². The van der Waals surface area contributed by atoms with E-state index in [4.69, 9.17) is 59.0 Å². The van der Waals surface area contributed by atoms with E-state index in [0.29, 0.717) is 43.3 Å². The maximum Gasteiger partial charge on any atom is 0.316 e. The van der Waals surface area contributed by atoms with E-state index in [1.165, 1.54) is 26.5 Å². The summed E-state index contributed by atoms with van der Waals surface area (Å²) in [5.41, 5.74) is 4.01. The average Bonchev–Trinajstić information content (AvgIpc) is 2.75. The van der Waals surface area contributed by atoms with Gasteiger partial charge in [0.2, 0.25) is 0 Å². The largest absolute Gasteiger partial charge is 0.462 e. The monoisotopic (exact) mass is 1220 g/mol. The van der Waals surface area contributed by atoms with E-state index in [-0.39, 0.29) is 55.1 Å². The maximum atomic E-state index is 14.3. The minimum absolute atomic E-state index is 0. The summed E-state index contributed by atoms with van der Waals surface area (Å²) in [6, 6.07) is 14.8. The Morgan fingerprint density at radius 3 is 2.33 bits per heavy atom. The Morgan fingerprint density at radius 1 is 0.881 bits per heavy atom. The van der Waals surface area contributed by atoms with Crippen LogP contribution in [0.25, 0.3) is 5.57 Å². The molecule has 18 heteroatoms. The molecule has 4 saturated heterocycles. The number of allylic oxidation sites excluding steroid dienone is 2. The number of methoxy groups -OCH3 is 2. The van der Waals surface area contributed by atoms with Crippen molar-refractivity contribution in [3.63, 3.8) is 0 Å². The molecule has 20 atom stereocenters. The second-order valence-corrected chi connectivity index (χ2v) is 25.9. The van der Waals surface area contributed by atoms with Crippen molar-refractivity contribution < 1.29 is 67.5 Å². The first-order valence-corrected chi connectivity index (χ1v) is 31.1. The molecule has 84 heavy (non-hydrogen) atoms. The molecule has 3 N–H and O–H groups in total. The van der Waals surface area contributed by atoms with Gasteiger partial charge in [0.15, 0.2) is 18.4 Å². The standard InChI is InChI=1S/C48H72O14.C18H18ClNS.ClH/c1-11-25(2)43-28(5)17-18-47(62-43)23-34-20-33(61-47)16-15-27(4)42(26(3)13-12-14-32-24-55-45-40(49)29(6)19-35(46(51)58-34)48(32,45)52)59-39-22-37(54-10)44(31(8)57-39)60-38-21-36(53-9)41(50)30(7)56-38;1-20(2)11-5-7-14-15-6-3-4-8-17(15)21-18-10-9-13(19)12-16(14)18;/h12-15,17-19,25-26,28,30-31,33-45,49-50,52H,11,16,20-24H2,1-10H3;3-4,6-10,12H,5,11H2,1-2H3;1H. The van der Waals surface area contributed by atoms with Crippen molar-refractivity contribution in [3.8, 4) is 0 Å². The third kappa shape index (κ3) is 14.7. The number of aliphatic hydroxyl groups excluding tert-OH is 2. The van der Waals surface area contributed by atoms with Crippen molar-refractivity contribution in [3.05, 3.63) is 124 Å². The highest BCUT2D eigenvalue weighted by Crippen LogP contribution is 2.49. The minimum Gasteiger partial charge on any atom is -0.462 e. The second-order valence-electron chi connectivity index (χ2n) is 24.4. The van der Waals surface area contributed by atoms with E-state index in [1.807, 2.05) is 49.9 Å². The normalized spacial score (nSPS) is 38.4. The fourth-order valence-corrected chi connectivity index (χ4v) is 14.3. The highest BCUT2D eigenvalue weighted by molar-refractivity contribution is 7.99. The molecule has 0 radical (unpaired) electrons. The van der Waals surface area contributed by atoms with Crippen molar-refractivity contribution in [2.45, 2.75) is 207 Å². The molecule has 1 aliphatic carbocycles. The number of aliphatic hydroxyl groups is 3. The summed E-state index contributed by atoms with van der Waals surface area (Å²) >= 11 is 8.03. The van der Waals surface area contributed by atoms with Gasteiger partial charge in [-0.15, -0.1) is 12.4 Å². The van der Waals surface area contributed by atoms with Crippen LogP contribution in [0.5, 0.6) is 0 Å². The molecule has 8 aliphatic rings. The number of hydrogen-bond donors (Lipinski definition) is 3. The molecular weight excluding hydrogens is 1130 g/mol. The van der Waals surface area contributed by atoms with Crippen LogP contribution >= 0.6 is 35.8 Å². The Balaban J connectivity index is 0.000000349. The smallest absolute Gasteiger partial charge is 0.316 e. The number of hydrogen-bond acceptors (Lipinski definition) is 16. The predicted molar refractivity (Wildman–Crippen MR) is 327 cm³/mol. The number of esters is 1. The Hall–Kier alpha value is -3.24. The summed E-state index contributed by atoms with van der Waals surface area (Å²) in [6.45, 7) is 17.1. The van der Waals surface area contributed by atoms with Gasteiger partial charge in [-0.05, 0) is 124 Å². The van der Waals surface area contributed by atoms with Gasteiger partial charge in [-0.1, -0.05) is 118 Å². The molecular formula is C66H91Cl2NO14S. The van der Waals surface area contributed by atoms with Crippen LogP contribution in [0.15, 0.2) is 118 Å². The van der Waals surface area contributed by atoms with Crippen LogP contribution in [0.4, 0.5) is 0 Å². The number of carbonyl (C=O) groups excluding carboxylic acids is 1. The topological polar surface area (TPSA) is 173 Å². The van der Waals surface area contributed by atoms with Crippen molar-refractivity contribution in [1.82, 2.24) is 4.90 Å². The molecule has 2 bridgehead atoms. The van der Waals surface area contributed by atoms with E-state index in [9.17, 15) is 20.1 Å². The van der Waals surface area contributed by atoms with Gasteiger partial charge in [0.05, 0.1) is 49.3 Å². The number of carbonyl (C=O) groups is 1. The van der Waals surface area contributed by atoms with Gasteiger partial charge < -0.3 is 67.6 Å². The molecule has 2 aromatic rings. The summed E-state index contributed by atoms with van der Waals surface area (Å²) in [4.78, 5) is 19.2. The Labute approximate surface area is 513 Å². The zero-order valence-electron chi connectivity index (χ0n) is 50.9. The van der Waals surface area contributed by atoms with Crippen LogP contribution in [0.1, 0.15) is 111 Å². The molecule has 7 aliphatic heterocycles. The van der Waals surface area contributed by atoms with E-state index < -0.39 is 90.8 Å². The molecule has 10 rings (SSSR count). The van der Waals surface area contributed by atoms with Gasteiger partial charge in [-0.25, -0.2) is 0 Å². The van der Waals surface area contributed by atoms with Crippen molar-refractivity contribution in [2.75, 3.05) is 41.5 Å². The highest BCUT2D eigenvalue weighted by Gasteiger charge is 2.60. The number of benzene rings is 2. The highest BCUT2D eigenvalue weighted by atomic mass is 35.5. The first-order valence-electron chi connectivity index (χ1n) is 29.9. The number of ether oxygens (including phenoxy) is 10. The van der Waals surface area contributed by atoms with E-state index in [2.05, 4.69) is 101 Å². The van der Waals surface area contributed by atoms with E-state index in [1.54, 1.807) is 40.2 Å². The van der Waals surface area contributed by atoms with Crippen LogP contribution in [-0.2, 0) is 52.2 Å². The Morgan fingerprint density at radius 2 is 1.60 bits per heavy atom. The summed E-state index contributed by atoms with van der Waals surface area (Å²) < 4.78 is 63.7. The van der Waals surface area contributed by atoms with Gasteiger partial charge in [0, 0.05) is 73.1 Å². The number of halogens is 2. The molecule has 0 amide bonds. The number of nitrogens with zero attached hydrogens (tertiary/aromatic N) is 1. The first-order chi connectivity index (χ1) is 39.6. The zero-order valence-corrected chi connectivity index (χ0v) is 53.3. The lowest BCUT2D eigenvalue weighted by Crippen LogP contribution is -2.58. The SMILES string of the molecule is CCC(C)C1OC2(C=CC1C)CC1CC(CC=C(C)C(OC3CC(OC)C(OC4CC(OC)C(O)C(C)O4)C(C)O3)C(C)C=CC=C3COC4C(O)C(C)=CC(C(=O)O1)C34O)O2.CN(C)CCC=C1c2ccccc2Sc2ccc(Cl)cc21.Cl. The molecule has 2 aromatic carbocycles. The minimum atomic E-state index is -1.84.